The molecule has 6 heteroatoms. The average molecular weight is 238 g/mol. The molecular weight excluding hydrogens is 230 g/mol. The number of methoxy groups -OCH3 is 1. The summed E-state index contributed by atoms with van der Waals surface area (Å²) < 4.78 is 4.62. The largest absolute Gasteiger partial charge is 0.465 e. The first-order valence-electron chi connectivity index (χ1n) is 4.46. The molecule has 2 aromatic rings. The maximum atomic E-state index is 11.4. The third-order valence-electron chi connectivity index (χ3n) is 2.08. The third-order valence-corrected chi connectivity index (χ3v) is 2.41. The van der Waals surface area contributed by atoms with Gasteiger partial charge in [0.05, 0.1) is 23.9 Å². The molecular formula is C10H8ClN3O2. The fourth-order valence-corrected chi connectivity index (χ4v) is 1.49. The number of nitrogens with one attached hydrogen (secondary N) is 1. The smallest absolute Gasteiger partial charge is 0.339 e. The summed E-state index contributed by atoms with van der Waals surface area (Å²) in [6.45, 7) is 0. The second kappa shape index (κ2) is 4.32. The lowest BCUT2D eigenvalue weighted by molar-refractivity contribution is 0.0601. The van der Waals surface area contributed by atoms with Crippen molar-refractivity contribution in [2.24, 2.45) is 0 Å². The average Bonchev–Trinajstić information content (AvgIpc) is 2.82. The SMILES string of the molecule is COC(=O)c1cc(-c2cn[nH]n2)ccc1Cl. The summed E-state index contributed by atoms with van der Waals surface area (Å²) in [6.07, 6.45) is 1.56. The quantitative estimate of drug-likeness (QED) is 0.811. The van der Waals surface area contributed by atoms with Gasteiger partial charge in [-0.2, -0.15) is 15.4 Å². The Morgan fingerprint density at radius 2 is 2.31 bits per heavy atom. The van der Waals surface area contributed by atoms with Gasteiger partial charge in [0.1, 0.15) is 5.69 Å². The molecule has 0 aliphatic heterocycles. The van der Waals surface area contributed by atoms with Gasteiger partial charge in [-0.15, -0.1) is 0 Å². The minimum atomic E-state index is -0.477. The van der Waals surface area contributed by atoms with Crippen LogP contribution in [0.4, 0.5) is 0 Å². The van der Waals surface area contributed by atoms with Gasteiger partial charge in [0, 0.05) is 5.56 Å². The normalized spacial score (nSPS) is 10.1. The van der Waals surface area contributed by atoms with Crippen molar-refractivity contribution < 1.29 is 9.53 Å². The zero-order chi connectivity index (χ0) is 11.5. The summed E-state index contributed by atoms with van der Waals surface area (Å²) in [4.78, 5) is 11.4. The highest BCUT2D eigenvalue weighted by atomic mass is 35.5. The van der Waals surface area contributed by atoms with Crippen molar-refractivity contribution >= 4 is 17.6 Å². The Kier molecular flexibility index (Phi) is 2.87. The molecule has 0 bridgehead atoms. The molecule has 1 aromatic heterocycles. The number of esters is 1. The van der Waals surface area contributed by atoms with Crippen LogP contribution in [0.15, 0.2) is 24.4 Å². The number of hydrogen-bond donors (Lipinski definition) is 1. The van der Waals surface area contributed by atoms with E-state index in [1.165, 1.54) is 7.11 Å². The summed E-state index contributed by atoms with van der Waals surface area (Å²) in [5.74, 6) is -0.477. The standard InChI is InChI=1S/C10H8ClN3O2/c1-16-10(15)7-4-6(2-3-8(7)11)9-5-12-14-13-9/h2-5H,1H3,(H,12,13,14). The van der Waals surface area contributed by atoms with Gasteiger partial charge in [-0.05, 0) is 12.1 Å². The summed E-state index contributed by atoms with van der Waals surface area (Å²) in [6, 6.07) is 5.00. The molecule has 1 heterocycles. The predicted octanol–water partition coefficient (Wildman–Crippen LogP) is 1.91. The van der Waals surface area contributed by atoms with Gasteiger partial charge >= 0.3 is 5.97 Å². The maximum absolute atomic E-state index is 11.4. The highest BCUT2D eigenvalue weighted by Gasteiger charge is 2.12. The van der Waals surface area contributed by atoms with Crippen LogP contribution >= 0.6 is 11.6 Å². The van der Waals surface area contributed by atoms with Crippen LogP contribution in [0, 0.1) is 0 Å². The van der Waals surface area contributed by atoms with Gasteiger partial charge in [0.15, 0.2) is 0 Å². The first kappa shape index (κ1) is 10.6. The van der Waals surface area contributed by atoms with Crippen LogP contribution < -0.4 is 0 Å². The minimum Gasteiger partial charge on any atom is -0.465 e. The van der Waals surface area contributed by atoms with E-state index in [0.717, 1.165) is 5.56 Å². The van der Waals surface area contributed by atoms with Crippen LogP contribution in [0.2, 0.25) is 5.02 Å². The highest BCUT2D eigenvalue weighted by Crippen LogP contribution is 2.23. The fraction of sp³-hybridized carbons (Fsp3) is 0.100. The Bertz CT molecular complexity index is 511. The molecule has 0 radical (unpaired) electrons. The Morgan fingerprint density at radius 3 is 2.94 bits per heavy atom. The van der Waals surface area contributed by atoms with Gasteiger partial charge in [-0.1, -0.05) is 17.7 Å². The van der Waals surface area contributed by atoms with E-state index in [4.69, 9.17) is 11.6 Å². The molecule has 2 rings (SSSR count). The molecule has 82 valence electrons. The molecule has 0 aliphatic carbocycles. The number of nitrogens with zero attached hydrogens (tertiary/aromatic N) is 2. The monoisotopic (exact) mass is 237 g/mol. The number of hydrogen-bond acceptors (Lipinski definition) is 4. The second-order valence-corrected chi connectivity index (χ2v) is 3.45. The van der Waals surface area contributed by atoms with E-state index in [0.29, 0.717) is 16.3 Å². The molecule has 0 aliphatic rings. The number of rotatable bonds is 2. The number of carbonyl (C=O) groups is 1. The van der Waals surface area contributed by atoms with E-state index >= 15 is 0 Å². The first-order valence-corrected chi connectivity index (χ1v) is 4.84. The molecule has 0 fully saturated rings. The number of benzene rings is 1. The fourth-order valence-electron chi connectivity index (χ4n) is 1.29. The van der Waals surface area contributed by atoms with Crippen LogP contribution in [0.3, 0.4) is 0 Å². The minimum absolute atomic E-state index is 0.310. The van der Waals surface area contributed by atoms with Gasteiger partial charge in [0.2, 0.25) is 0 Å². The lowest BCUT2D eigenvalue weighted by Gasteiger charge is -2.03. The van der Waals surface area contributed by atoms with Gasteiger partial charge in [-0.25, -0.2) is 4.79 Å². The van der Waals surface area contributed by atoms with Crippen molar-refractivity contribution in [3.63, 3.8) is 0 Å². The number of aromatic amines is 1. The Hall–Kier alpha value is -1.88. The zero-order valence-electron chi connectivity index (χ0n) is 8.40. The molecule has 0 saturated carbocycles. The maximum Gasteiger partial charge on any atom is 0.339 e. The summed E-state index contributed by atoms with van der Waals surface area (Å²) in [5.41, 5.74) is 1.70. The van der Waals surface area contributed by atoms with Crippen LogP contribution in [-0.2, 0) is 4.74 Å². The topological polar surface area (TPSA) is 67.9 Å². The Morgan fingerprint density at radius 1 is 1.50 bits per heavy atom. The molecule has 16 heavy (non-hydrogen) atoms. The lowest BCUT2D eigenvalue weighted by atomic mass is 10.1. The van der Waals surface area contributed by atoms with Crippen molar-refractivity contribution in [3.05, 3.63) is 35.0 Å². The lowest BCUT2D eigenvalue weighted by Crippen LogP contribution is -2.02. The van der Waals surface area contributed by atoms with Gasteiger partial charge in [-0.3, -0.25) is 0 Å². The van der Waals surface area contributed by atoms with E-state index < -0.39 is 5.97 Å². The molecule has 0 saturated heterocycles. The van der Waals surface area contributed by atoms with E-state index in [1.807, 2.05) is 0 Å². The van der Waals surface area contributed by atoms with Crippen molar-refractivity contribution in [3.8, 4) is 11.3 Å². The number of carbonyl (C=O) groups excluding carboxylic acids is 1. The van der Waals surface area contributed by atoms with Crippen LogP contribution in [0.1, 0.15) is 10.4 Å². The summed E-state index contributed by atoms with van der Waals surface area (Å²) >= 11 is 5.89. The van der Waals surface area contributed by atoms with E-state index in [2.05, 4.69) is 20.1 Å². The van der Waals surface area contributed by atoms with E-state index in [9.17, 15) is 4.79 Å². The molecule has 0 spiro atoms. The molecule has 0 atom stereocenters. The van der Waals surface area contributed by atoms with Crippen LogP contribution in [0.25, 0.3) is 11.3 Å². The zero-order valence-corrected chi connectivity index (χ0v) is 9.15. The van der Waals surface area contributed by atoms with Gasteiger partial charge in [0.25, 0.3) is 0 Å². The molecule has 1 N–H and O–H groups in total. The molecule has 5 nitrogen and oxygen atoms in total. The molecule has 1 aromatic carbocycles. The number of H-pyrrole nitrogens is 1. The van der Waals surface area contributed by atoms with Crippen molar-refractivity contribution in [2.45, 2.75) is 0 Å². The predicted molar refractivity (Wildman–Crippen MR) is 58.2 cm³/mol. The Balaban J connectivity index is 2.47. The van der Waals surface area contributed by atoms with E-state index in [-0.39, 0.29) is 0 Å². The summed E-state index contributed by atoms with van der Waals surface area (Å²) in [5, 5.41) is 10.4. The molecule has 0 unspecified atom stereocenters. The van der Waals surface area contributed by atoms with E-state index in [1.54, 1.807) is 24.4 Å². The van der Waals surface area contributed by atoms with Crippen molar-refractivity contribution in [1.29, 1.82) is 0 Å². The third kappa shape index (κ3) is 1.90. The number of aromatic nitrogens is 3. The number of ether oxygens (including phenoxy) is 1. The Labute approximate surface area is 96.4 Å². The number of halogens is 1. The van der Waals surface area contributed by atoms with Crippen LogP contribution in [0.5, 0.6) is 0 Å². The summed E-state index contributed by atoms with van der Waals surface area (Å²) in [7, 11) is 1.31. The van der Waals surface area contributed by atoms with Crippen molar-refractivity contribution in [2.75, 3.05) is 7.11 Å². The van der Waals surface area contributed by atoms with Crippen LogP contribution in [-0.4, -0.2) is 28.5 Å². The van der Waals surface area contributed by atoms with Crippen molar-refractivity contribution in [1.82, 2.24) is 15.4 Å². The first-order chi connectivity index (χ1) is 7.72. The highest BCUT2D eigenvalue weighted by molar-refractivity contribution is 6.33. The van der Waals surface area contributed by atoms with Gasteiger partial charge < -0.3 is 4.74 Å². The molecule has 0 amide bonds. The second-order valence-electron chi connectivity index (χ2n) is 3.04.